The van der Waals surface area contributed by atoms with Gasteiger partial charge in [-0.1, -0.05) is 0 Å². The van der Waals surface area contributed by atoms with Gasteiger partial charge in [0, 0.05) is 17.5 Å². The maximum atomic E-state index is 10.6. The third kappa shape index (κ3) is 2.28. The van der Waals surface area contributed by atoms with Gasteiger partial charge in [-0.15, -0.1) is 11.3 Å². The molecule has 1 unspecified atom stereocenters. The van der Waals surface area contributed by atoms with Crippen molar-refractivity contribution in [2.24, 2.45) is 11.5 Å². The second-order valence-corrected chi connectivity index (χ2v) is 3.54. The number of amides is 1. The van der Waals surface area contributed by atoms with Crippen LogP contribution in [0.3, 0.4) is 0 Å². The van der Waals surface area contributed by atoms with Crippen molar-refractivity contribution in [3.05, 3.63) is 16.1 Å². The van der Waals surface area contributed by atoms with E-state index in [4.69, 9.17) is 11.5 Å². The number of primary amides is 1. The minimum absolute atomic E-state index is 0.438. The van der Waals surface area contributed by atoms with Crippen LogP contribution in [0.2, 0.25) is 0 Å². The maximum Gasteiger partial charge on any atom is 0.234 e. The predicted molar refractivity (Wildman–Crippen MR) is 47.7 cm³/mol. The van der Waals surface area contributed by atoms with E-state index in [1.807, 2.05) is 12.3 Å². The monoisotopic (exact) mass is 185 g/mol. The van der Waals surface area contributed by atoms with Gasteiger partial charge in [-0.25, -0.2) is 4.98 Å². The summed E-state index contributed by atoms with van der Waals surface area (Å²) in [6, 6.07) is -0.615. The molecule has 1 atom stereocenters. The summed E-state index contributed by atoms with van der Waals surface area (Å²) in [5.41, 5.74) is 11.4. The molecule has 1 aromatic rings. The van der Waals surface area contributed by atoms with E-state index < -0.39 is 11.9 Å². The Hall–Kier alpha value is -0.940. The van der Waals surface area contributed by atoms with Crippen molar-refractivity contribution >= 4 is 17.2 Å². The molecule has 0 fully saturated rings. The van der Waals surface area contributed by atoms with E-state index >= 15 is 0 Å². The number of rotatable bonds is 3. The zero-order chi connectivity index (χ0) is 9.14. The molecule has 0 bridgehead atoms. The van der Waals surface area contributed by atoms with Gasteiger partial charge in [0.1, 0.15) is 0 Å². The molecule has 0 aliphatic heterocycles. The zero-order valence-electron chi connectivity index (χ0n) is 6.78. The Morgan fingerprint density at radius 1 is 1.83 bits per heavy atom. The number of carbonyl (C=O) groups is 1. The summed E-state index contributed by atoms with van der Waals surface area (Å²) in [4.78, 5) is 14.7. The van der Waals surface area contributed by atoms with Crippen LogP contribution in [-0.2, 0) is 11.2 Å². The summed E-state index contributed by atoms with van der Waals surface area (Å²) in [5, 5.41) is 2.78. The van der Waals surface area contributed by atoms with E-state index in [1.165, 1.54) is 11.3 Å². The molecule has 0 saturated heterocycles. The minimum Gasteiger partial charge on any atom is -0.368 e. The largest absolute Gasteiger partial charge is 0.368 e. The lowest BCUT2D eigenvalue weighted by Gasteiger charge is -2.02. The van der Waals surface area contributed by atoms with Gasteiger partial charge in [0.05, 0.1) is 11.0 Å². The third-order valence-electron chi connectivity index (χ3n) is 1.43. The van der Waals surface area contributed by atoms with Gasteiger partial charge in [0.25, 0.3) is 0 Å². The van der Waals surface area contributed by atoms with Crippen molar-refractivity contribution in [2.75, 3.05) is 0 Å². The second kappa shape index (κ2) is 3.64. The lowest BCUT2D eigenvalue weighted by Crippen LogP contribution is -2.38. The standard InChI is InChI=1S/C7H11N3OS/c1-4-3-12-6(10-4)2-5(8)7(9)11/h3,5H,2,8H2,1H3,(H2,9,11). The summed E-state index contributed by atoms with van der Waals surface area (Å²) in [7, 11) is 0. The summed E-state index contributed by atoms with van der Waals surface area (Å²) in [6.45, 7) is 1.90. The molecule has 0 aliphatic rings. The molecule has 0 saturated carbocycles. The minimum atomic E-state index is -0.615. The molecule has 4 N–H and O–H groups in total. The molecule has 5 heteroatoms. The molecule has 1 amide bonds. The molecular formula is C7H11N3OS. The highest BCUT2D eigenvalue weighted by molar-refractivity contribution is 7.09. The first-order chi connectivity index (χ1) is 5.59. The molecule has 1 aromatic heterocycles. The first kappa shape index (κ1) is 9.15. The lowest BCUT2D eigenvalue weighted by molar-refractivity contribution is -0.119. The molecular weight excluding hydrogens is 174 g/mol. The molecule has 1 heterocycles. The Morgan fingerprint density at radius 3 is 2.92 bits per heavy atom. The summed E-state index contributed by atoms with van der Waals surface area (Å²) >= 11 is 1.50. The van der Waals surface area contributed by atoms with E-state index in [2.05, 4.69) is 4.98 Å². The van der Waals surface area contributed by atoms with E-state index in [1.54, 1.807) is 0 Å². The number of nitrogens with two attached hydrogens (primary N) is 2. The molecule has 0 aliphatic carbocycles. The van der Waals surface area contributed by atoms with E-state index in [0.717, 1.165) is 10.7 Å². The lowest BCUT2D eigenvalue weighted by atomic mass is 10.2. The number of hydrogen-bond acceptors (Lipinski definition) is 4. The van der Waals surface area contributed by atoms with Crippen LogP contribution in [0.4, 0.5) is 0 Å². The second-order valence-electron chi connectivity index (χ2n) is 2.60. The number of hydrogen-bond donors (Lipinski definition) is 2. The van der Waals surface area contributed by atoms with Crippen LogP contribution in [0.25, 0.3) is 0 Å². The van der Waals surface area contributed by atoms with Crippen LogP contribution in [0.15, 0.2) is 5.38 Å². The fourth-order valence-corrected chi connectivity index (χ4v) is 1.62. The first-order valence-corrected chi connectivity index (χ1v) is 4.43. The van der Waals surface area contributed by atoms with Crippen molar-refractivity contribution in [1.82, 2.24) is 4.98 Å². The smallest absolute Gasteiger partial charge is 0.234 e. The highest BCUT2D eigenvalue weighted by atomic mass is 32.1. The number of thiazole rings is 1. The van der Waals surface area contributed by atoms with Gasteiger partial charge < -0.3 is 11.5 Å². The van der Waals surface area contributed by atoms with Crippen molar-refractivity contribution < 1.29 is 4.79 Å². The normalized spacial score (nSPS) is 12.8. The Kier molecular flexibility index (Phi) is 2.78. The fraction of sp³-hybridized carbons (Fsp3) is 0.429. The van der Waals surface area contributed by atoms with Gasteiger partial charge in [0.2, 0.25) is 5.91 Å². The first-order valence-electron chi connectivity index (χ1n) is 3.55. The van der Waals surface area contributed by atoms with E-state index in [9.17, 15) is 4.79 Å². The molecule has 66 valence electrons. The summed E-state index contributed by atoms with van der Waals surface area (Å²) in [6.07, 6.45) is 0.438. The van der Waals surface area contributed by atoms with Gasteiger partial charge >= 0.3 is 0 Å². The van der Waals surface area contributed by atoms with Crippen LogP contribution in [0.1, 0.15) is 10.7 Å². The molecule has 1 rings (SSSR count). The van der Waals surface area contributed by atoms with Crippen LogP contribution in [0, 0.1) is 6.92 Å². The topological polar surface area (TPSA) is 82.0 Å². The van der Waals surface area contributed by atoms with Crippen molar-refractivity contribution in [2.45, 2.75) is 19.4 Å². The number of aryl methyl sites for hydroxylation is 1. The van der Waals surface area contributed by atoms with Crippen LogP contribution in [-0.4, -0.2) is 16.9 Å². The number of aromatic nitrogens is 1. The number of nitrogens with zero attached hydrogens (tertiary/aromatic N) is 1. The molecule has 4 nitrogen and oxygen atoms in total. The van der Waals surface area contributed by atoms with Crippen molar-refractivity contribution in [3.8, 4) is 0 Å². The SMILES string of the molecule is Cc1csc(CC(N)C(N)=O)n1. The third-order valence-corrected chi connectivity index (χ3v) is 2.42. The van der Waals surface area contributed by atoms with E-state index in [-0.39, 0.29) is 0 Å². The highest BCUT2D eigenvalue weighted by Gasteiger charge is 2.11. The van der Waals surface area contributed by atoms with Gasteiger partial charge in [-0.3, -0.25) is 4.79 Å². The average Bonchev–Trinajstić information content (AvgIpc) is 2.35. The Balaban J connectivity index is 2.58. The average molecular weight is 185 g/mol. The van der Waals surface area contributed by atoms with Gasteiger partial charge in [-0.05, 0) is 6.92 Å². The summed E-state index contributed by atoms with van der Waals surface area (Å²) in [5.74, 6) is -0.483. The quantitative estimate of drug-likeness (QED) is 0.684. The van der Waals surface area contributed by atoms with Crippen molar-refractivity contribution in [3.63, 3.8) is 0 Å². The fourth-order valence-electron chi connectivity index (χ4n) is 0.785. The Labute approximate surface area is 74.6 Å². The van der Waals surface area contributed by atoms with Crippen LogP contribution in [0.5, 0.6) is 0 Å². The van der Waals surface area contributed by atoms with Gasteiger partial charge in [0.15, 0.2) is 0 Å². The van der Waals surface area contributed by atoms with E-state index in [0.29, 0.717) is 6.42 Å². The molecule has 0 aromatic carbocycles. The van der Waals surface area contributed by atoms with Crippen molar-refractivity contribution in [1.29, 1.82) is 0 Å². The zero-order valence-corrected chi connectivity index (χ0v) is 7.60. The van der Waals surface area contributed by atoms with Crippen LogP contribution >= 0.6 is 11.3 Å². The Morgan fingerprint density at radius 2 is 2.50 bits per heavy atom. The van der Waals surface area contributed by atoms with Crippen LogP contribution < -0.4 is 11.5 Å². The highest BCUT2D eigenvalue weighted by Crippen LogP contribution is 2.09. The predicted octanol–water partition coefficient (Wildman–Crippen LogP) is -0.193. The molecule has 0 spiro atoms. The Bertz CT molecular complexity index is 284. The molecule has 12 heavy (non-hydrogen) atoms. The number of carbonyl (C=O) groups excluding carboxylic acids is 1. The molecule has 0 radical (unpaired) electrons. The summed E-state index contributed by atoms with van der Waals surface area (Å²) < 4.78 is 0. The van der Waals surface area contributed by atoms with Gasteiger partial charge in [-0.2, -0.15) is 0 Å². The maximum absolute atomic E-state index is 10.6.